The molecule has 6 heteroatoms. The Balaban J connectivity index is 1.74. The van der Waals surface area contributed by atoms with Crippen LogP contribution >= 0.6 is 0 Å². The highest BCUT2D eigenvalue weighted by molar-refractivity contribution is 5.80. The standard InChI is InChI=1S/C19H26FN5/c1-4-22-18(24-9-7-19(2,3)13-24)23-12-15-5-6-17(16(20)11-15)25-10-8-21-14-25/h5-6,8,10-11,14H,4,7,9,12-13H2,1-3H3,(H,22,23). The molecule has 3 rings (SSSR count). The molecule has 1 aliphatic rings. The summed E-state index contributed by atoms with van der Waals surface area (Å²) < 4.78 is 16.0. The van der Waals surface area contributed by atoms with Crippen molar-refractivity contribution in [3.05, 3.63) is 48.3 Å². The Labute approximate surface area is 148 Å². The fraction of sp³-hybridized carbons (Fsp3) is 0.474. The Morgan fingerprint density at radius 1 is 1.40 bits per heavy atom. The van der Waals surface area contributed by atoms with Crippen LogP contribution in [0, 0.1) is 11.2 Å². The van der Waals surface area contributed by atoms with Crippen LogP contribution in [0.4, 0.5) is 4.39 Å². The third-order valence-electron chi connectivity index (χ3n) is 4.52. The molecule has 5 nitrogen and oxygen atoms in total. The van der Waals surface area contributed by atoms with Crippen LogP contribution < -0.4 is 5.32 Å². The van der Waals surface area contributed by atoms with Gasteiger partial charge in [0.05, 0.1) is 18.6 Å². The Hall–Kier alpha value is -2.37. The lowest BCUT2D eigenvalue weighted by Gasteiger charge is -2.23. The van der Waals surface area contributed by atoms with Crippen LogP contribution in [0.25, 0.3) is 5.69 Å². The van der Waals surface area contributed by atoms with Crippen LogP contribution in [0.2, 0.25) is 0 Å². The number of hydrogen-bond acceptors (Lipinski definition) is 2. The molecule has 1 fully saturated rings. The summed E-state index contributed by atoms with van der Waals surface area (Å²) in [5, 5.41) is 3.35. The van der Waals surface area contributed by atoms with Crippen LogP contribution in [-0.2, 0) is 6.54 Å². The van der Waals surface area contributed by atoms with Gasteiger partial charge < -0.3 is 14.8 Å². The van der Waals surface area contributed by atoms with E-state index in [1.165, 1.54) is 0 Å². The first kappa shape index (κ1) is 17.5. The smallest absolute Gasteiger partial charge is 0.194 e. The third-order valence-corrected chi connectivity index (χ3v) is 4.52. The van der Waals surface area contributed by atoms with Crippen molar-refractivity contribution in [2.24, 2.45) is 10.4 Å². The molecule has 0 aliphatic carbocycles. The average Bonchev–Trinajstić information content (AvgIpc) is 3.21. The van der Waals surface area contributed by atoms with Gasteiger partial charge in [-0.1, -0.05) is 19.9 Å². The molecule has 2 heterocycles. The van der Waals surface area contributed by atoms with Crippen molar-refractivity contribution in [3.8, 4) is 5.69 Å². The van der Waals surface area contributed by atoms with E-state index in [1.807, 2.05) is 6.07 Å². The number of nitrogens with one attached hydrogen (secondary N) is 1. The maximum atomic E-state index is 14.4. The van der Waals surface area contributed by atoms with Crippen molar-refractivity contribution < 1.29 is 4.39 Å². The zero-order valence-corrected chi connectivity index (χ0v) is 15.2. The summed E-state index contributed by atoms with van der Waals surface area (Å²) in [6.45, 7) is 9.90. The highest BCUT2D eigenvalue weighted by Crippen LogP contribution is 2.28. The fourth-order valence-electron chi connectivity index (χ4n) is 3.14. The van der Waals surface area contributed by atoms with Gasteiger partial charge in [-0.25, -0.2) is 14.4 Å². The number of likely N-dealkylation sites (tertiary alicyclic amines) is 1. The van der Waals surface area contributed by atoms with Crippen LogP contribution in [0.1, 0.15) is 32.8 Å². The number of halogens is 1. The first-order valence-electron chi connectivity index (χ1n) is 8.78. The van der Waals surface area contributed by atoms with Gasteiger partial charge in [0.2, 0.25) is 0 Å². The molecule has 0 saturated carbocycles. The highest BCUT2D eigenvalue weighted by Gasteiger charge is 2.30. The Bertz CT molecular complexity index is 736. The predicted molar refractivity (Wildman–Crippen MR) is 98.3 cm³/mol. The zero-order chi connectivity index (χ0) is 17.9. The summed E-state index contributed by atoms with van der Waals surface area (Å²) in [6, 6.07) is 5.24. The number of rotatable bonds is 4. The molecule has 2 aromatic rings. The average molecular weight is 343 g/mol. The van der Waals surface area contributed by atoms with Gasteiger partial charge in [-0.15, -0.1) is 0 Å². The predicted octanol–water partition coefficient (Wildman–Crippen LogP) is 3.21. The van der Waals surface area contributed by atoms with Crippen molar-refractivity contribution in [2.75, 3.05) is 19.6 Å². The summed E-state index contributed by atoms with van der Waals surface area (Å²) in [7, 11) is 0. The quantitative estimate of drug-likeness (QED) is 0.685. The van der Waals surface area contributed by atoms with Crippen molar-refractivity contribution in [1.29, 1.82) is 0 Å². The fourth-order valence-corrected chi connectivity index (χ4v) is 3.14. The molecule has 1 N–H and O–H groups in total. The maximum absolute atomic E-state index is 14.4. The maximum Gasteiger partial charge on any atom is 0.194 e. The second-order valence-electron chi connectivity index (χ2n) is 7.26. The largest absolute Gasteiger partial charge is 0.357 e. The first-order valence-corrected chi connectivity index (χ1v) is 8.78. The zero-order valence-electron chi connectivity index (χ0n) is 15.2. The molecule has 0 spiro atoms. The Morgan fingerprint density at radius 2 is 2.24 bits per heavy atom. The molecule has 1 aliphatic heterocycles. The van der Waals surface area contributed by atoms with E-state index in [4.69, 9.17) is 4.99 Å². The molecular weight excluding hydrogens is 317 g/mol. The summed E-state index contributed by atoms with van der Waals surface area (Å²) in [5.41, 5.74) is 1.67. The first-order chi connectivity index (χ1) is 12.0. The monoisotopic (exact) mass is 343 g/mol. The number of aliphatic imine (C=N–C) groups is 1. The van der Waals surface area contributed by atoms with E-state index in [9.17, 15) is 4.39 Å². The molecule has 1 aromatic heterocycles. The SMILES string of the molecule is CCNC(=NCc1ccc(-n2ccnc2)c(F)c1)N1CCC(C)(C)C1. The molecule has 0 bridgehead atoms. The van der Waals surface area contributed by atoms with E-state index in [2.05, 4.69) is 36.0 Å². The highest BCUT2D eigenvalue weighted by atomic mass is 19.1. The van der Waals surface area contributed by atoms with Crippen molar-refractivity contribution >= 4 is 5.96 Å². The molecular formula is C19H26FN5. The number of aromatic nitrogens is 2. The molecule has 134 valence electrons. The molecule has 25 heavy (non-hydrogen) atoms. The lowest BCUT2D eigenvalue weighted by atomic mass is 9.93. The molecule has 0 unspecified atom stereocenters. The minimum atomic E-state index is -0.266. The van der Waals surface area contributed by atoms with Crippen LogP contribution in [0.3, 0.4) is 0 Å². The van der Waals surface area contributed by atoms with Gasteiger partial charge >= 0.3 is 0 Å². The number of hydrogen-bond donors (Lipinski definition) is 1. The van der Waals surface area contributed by atoms with Gasteiger partial charge in [0, 0.05) is 32.0 Å². The minimum absolute atomic E-state index is 0.266. The second-order valence-corrected chi connectivity index (χ2v) is 7.26. The van der Waals surface area contributed by atoms with Crippen LogP contribution in [0.15, 0.2) is 41.9 Å². The van der Waals surface area contributed by atoms with Crippen molar-refractivity contribution in [1.82, 2.24) is 19.8 Å². The molecule has 1 aromatic carbocycles. The molecule has 1 saturated heterocycles. The van der Waals surface area contributed by atoms with Gasteiger partial charge in [-0.2, -0.15) is 0 Å². The lowest BCUT2D eigenvalue weighted by molar-refractivity contribution is 0.370. The van der Waals surface area contributed by atoms with Crippen LogP contribution in [-0.4, -0.2) is 40.0 Å². The lowest BCUT2D eigenvalue weighted by Crippen LogP contribution is -2.40. The van der Waals surface area contributed by atoms with E-state index >= 15 is 0 Å². The van der Waals surface area contributed by atoms with Crippen molar-refractivity contribution in [2.45, 2.75) is 33.7 Å². The van der Waals surface area contributed by atoms with E-state index in [1.54, 1.807) is 35.4 Å². The summed E-state index contributed by atoms with van der Waals surface area (Å²) >= 11 is 0. The van der Waals surface area contributed by atoms with Gasteiger partial charge in [-0.05, 0) is 36.5 Å². The second kappa shape index (κ2) is 7.25. The van der Waals surface area contributed by atoms with Crippen LogP contribution in [0.5, 0.6) is 0 Å². The minimum Gasteiger partial charge on any atom is -0.357 e. The van der Waals surface area contributed by atoms with Gasteiger partial charge in [0.1, 0.15) is 5.82 Å². The van der Waals surface area contributed by atoms with E-state index in [-0.39, 0.29) is 5.82 Å². The van der Waals surface area contributed by atoms with Gasteiger partial charge in [-0.3, -0.25) is 0 Å². The normalized spacial score (nSPS) is 17.1. The van der Waals surface area contributed by atoms with E-state index in [0.717, 1.165) is 37.6 Å². The number of benzene rings is 1. The summed E-state index contributed by atoms with van der Waals surface area (Å²) in [5.74, 6) is 0.644. The Morgan fingerprint density at radius 3 is 2.84 bits per heavy atom. The van der Waals surface area contributed by atoms with Gasteiger partial charge in [0.15, 0.2) is 5.96 Å². The third kappa shape index (κ3) is 4.18. The van der Waals surface area contributed by atoms with E-state index < -0.39 is 0 Å². The number of guanidine groups is 1. The van der Waals surface area contributed by atoms with Gasteiger partial charge in [0.25, 0.3) is 0 Å². The van der Waals surface area contributed by atoms with Crippen molar-refractivity contribution in [3.63, 3.8) is 0 Å². The molecule has 0 amide bonds. The number of nitrogens with zero attached hydrogens (tertiary/aromatic N) is 4. The molecule has 0 atom stereocenters. The number of imidazole rings is 1. The molecule has 0 radical (unpaired) electrons. The Kier molecular flexibility index (Phi) is 5.06. The summed E-state index contributed by atoms with van der Waals surface area (Å²) in [6.07, 6.45) is 6.12. The topological polar surface area (TPSA) is 45.5 Å². The van der Waals surface area contributed by atoms with E-state index in [0.29, 0.717) is 17.6 Å². The summed E-state index contributed by atoms with van der Waals surface area (Å²) in [4.78, 5) is 11.0.